The maximum absolute atomic E-state index is 6.18. The summed E-state index contributed by atoms with van der Waals surface area (Å²) >= 11 is 12.3. The van der Waals surface area contributed by atoms with Crippen molar-refractivity contribution in [2.45, 2.75) is 13.5 Å². The van der Waals surface area contributed by atoms with Crippen molar-refractivity contribution in [1.29, 1.82) is 0 Å². The standard InChI is InChI=1S/C18H16Cl2N4/c1-12-10-17(21-11-13-6-2-3-7-14(13)19)24-18(22-12)23-16-9-5-4-8-15(16)20/h2-10H,11H2,1H3,(H2,21,22,23,24). The molecule has 0 aliphatic rings. The molecule has 0 amide bonds. The van der Waals surface area contributed by atoms with E-state index in [2.05, 4.69) is 20.6 Å². The molecule has 3 aromatic rings. The van der Waals surface area contributed by atoms with Gasteiger partial charge in [0.15, 0.2) is 0 Å². The van der Waals surface area contributed by atoms with Crippen molar-refractivity contribution in [3.8, 4) is 0 Å². The van der Waals surface area contributed by atoms with Crippen molar-refractivity contribution in [3.05, 3.63) is 75.9 Å². The maximum atomic E-state index is 6.18. The number of nitrogens with one attached hydrogen (secondary N) is 2. The lowest BCUT2D eigenvalue weighted by Gasteiger charge is -2.11. The molecule has 0 saturated heterocycles. The molecule has 0 aliphatic heterocycles. The van der Waals surface area contributed by atoms with Crippen LogP contribution >= 0.6 is 23.2 Å². The molecular formula is C18H16Cl2N4. The zero-order valence-corrected chi connectivity index (χ0v) is 14.6. The number of hydrogen-bond acceptors (Lipinski definition) is 4. The van der Waals surface area contributed by atoms with E-state index >= 15 is 0 Å². The molecule has 0 bridgehead atoms. The van der Waals surface area contributed by atoms with Crippen LogP contribution in [0.25, 0.3) is 0 Å². The summed E-state index contributed by atoms with van der Waals surface area (Å²) in [7, 11) is 0. The number of halogens is 2. The molecule has 6 heteroatoms. The van der Waals surface area contributed by atoms with Crippen molar-refractivity contribution in [2.75, 3.05) is 10.6 Å². The molecule has 122 valence electrons. The van der Waals surface area contributed by atoms with Crippen LogP contribution < -0.4 is 10.6 Å². The van der Waals surface area contributed by atoms with Gasteiger partial charge in [-0.25, -0.2) is 4.98 Å². The van der Waals surface area contributed by atoms with E-state index in [0.717, 1.165) is 27.8 Å². The Balaban J connectivity index is 1.77. The molecule has 4 nitrogen and oxygen atoms in total. The fourth-order valence-electron chi connectivity index (χ4n) is 2.23. The first-order valence-electron chi connectivity index (χ1n) is 7.46. The molecular weight excluding hydrogens is 343 g/mol. The van der Waals surface area contributed by atoms with Gasteiger partial charge in [-0.15, -0.1) is 0 Å². The van der Waals surface area contributed by atoms with E-state index in [1.54, 1.807) is 0 Å². The number of anilines is 3. The Kier molecular flexibility index (Phi) is 5.18. The minimum absolute atomic E-state index is 0.491. The maximum Gasteiger partial charge on any atom is 0.229 e. The van der Waals surface area contributed by atoms with Crippen molar-refractivity contribution in [3.63, 3.8) is 0 Å². The molecule has 0 aliphatic carbocycles. The van der Waals surface area contributed by atoms with Crippen molar-refractivity contribution in [2.24, 2.45) is 0 Å². The first-order chi connectivity index (χ1) is 11.6. The van der Waals surface area contributed by atoms with Crippen LogP contribution in [0.3, 0.4) is 0 Å². The second-order valence-electron chi connectivity index (χ2n) is 5.27. The SMILES string of the molecule is Cc1cc(NCc2ccccc2Cl)nc(Nc2ccccc2Cl)n1. The number of aryl methyl sites for hydroxylation is 1. The van der Waals surface area contributed by atoms with Crippen LogP contribution in [-0.2, 0) is 6.54 Å². The third-order valence-electron chi connectivity index (χ3n) is 3.39. The Labute approximate surface area is 150 Å². The molecule has 0 unspecified atom stereocenters. The fraction of sp³-hybridized carbons (Fsp3) is 0.111. The number of benzene rings is 2. The molecule has 0 spiro atoms. The lowest BCUT2D eigenvalue weighted by molar-refractivity contribution is 1.06. The van der Waals surface area contributed by atoms with Crippen LogP contribution in [0.1, 0.15) is 11.3 Å². The van der Waals surface area contributed by atoms with Crippen LogP contribution in [0.2, 0.25) is 10.0 Å². The molecule has 2 N–H and O–H groups in total. The molecule has 0 radical (unpaired) electrons. The van der Waals surface area contributed by atoms with Gasteiger partial charge in [0, 0.05) is 23.3 Å². The smallest absolute Gasteiger partial charge is 0.229 e. The molecule has 3 rings (SSSR count). The van der Waals surface area contributed by atoms with E-state index in [4.69, 9.17) is 23.2 Å². The predicted octanol–water partition coefficient (Wildman–Crippen LogP) is 5.45. The average molecular weight is 359 g/mol. The zero-order valence-electron chi connectivity index (χ0n) is 13.1. The number of para-hydroxylation sites is 1. The summed E-state index contributed by atoms with van der Waals surface area (Å²) in [5.74, 6) is 1.21. The summed E-state index contributed by atoms with van der Waals surface area (Å²) in [6.45, 7) is 2.50. The molecule has 0 saturated carbocycles. The number of rotatable bonds is 5. The number of hydrogen-bond donors (Lipinski definition) is 2. The van der Waals surface area contributed by atoms with Gasteiger partial charge in [-0.3, -0.25) is 0 Å². The molecule has 1 heterocycles. The Morgan fingerprint density at radius 2 is 1.62 bits per heavy atom. The van der Waals surface area contributed by atoms with Crippen LogP contribution in [0.4, 0.5) is 17.5 Å². The van der Waals surface area contributed by atoms with E-state index < -0.39 is 0 Å². The Bertz CT molecular complexity index is 852. The molecule has 2 aromatic carbocycles. The van der Waals surface area contributed by atoms with E-state index in [9.17, 15) is 0 Å². The predicted molar refractivity (Wildman–Crippen MR) is 100 cm³/mol. The highest BCUT2D eigenvalue weighted by atomic mass is 35.5. The van der Waals surface area contributed by atoms with Crippen molar-refractivity contribution >= 4 is 40.7 Å². The van der Waals surface area contributed by atoms with Crippen LogP contribution in [0.15, 0.2) is 54.6 Å². The van der Waals surface area contributed by atoms with Gasteiger partial charge in [-0.2, -0.15) is 4.98 Å². The summed E-state index contributed by atoms with van der Waals surface area (Å²) in [5, 5.41) is 7.76. The second kappa shape index (κ2) is 7.51. The highest BCUT2D eigenvalue weighted by Gasteiger charge is 2.06. The first-order valence-corrected chi connectivity index (χ1v) is 8.22. The molecule has 0 fully saturated rings. The summed E-state index contributed by atoms with van der Waals surface area (Å²) in [5.41, 5.74) is 2.62. The van der Waals surface area contributed by atoms with Crippen LogP contribution in [0.5, 0.6) is 0 Å². The monoisotopic (exact) mass is 358 g/mol. The third-order valence-corrected chi connectivity index (χ3v) is 4.09. The van der Waals surface area contributed by atoms with Gasteiger partial charge in [0.05, 0.1) is 10.7 Å². The van der Waals surface area contributed by atoms with E-state index in [-0.39, 0.29) is 0 Å². The number of aromatic nitrogens is 2. The average Bonchev–Trinajstić information content (AvgIpc) is 2.56. The van der Waals surface area contributed by atoms with E-state index in [1.165, 1.54) is 0 Å². The van der Waals surface area contributed by atoms with Crippen molar-refractivity contribution < 1.29 is 0 Å². The normalized spacial score (nSPS) is 10.5. The van der Waals surface area contributed by atoms with Gasteiger partial charge in [0.1, 0.15) is 5.82 Å². The highest BCUT2D eigenvalue weighted by Crippen LogP contribution is 2.24. The van der Waals surface area contributed by atoms with Gasteiger partial charge in [0.2, 0.25) is 5.95 Å². The Morgan fingerprint density at radius 3 is 2.38 bits per heavy atom. The van der Waals surface area contributed by atoms with Gasteiger partial charge in [0.25, 0.3) is 0 Å². The summed E-state index contributed by atoms with van der Waals surface area (Å²) in [6.07, 6.45) is 0. The van der Waals surface area contributed by atoms with E-state index in [0.29, 0.717) is 17.5 Å². The summed E-state index contributed by atoms with van der Waals surface area (Å²) < 4.78 is 0. The minimum atomic E-state index is 0.491. The van der Waals surface area contributed by atoms with Crippen LogP contribution in [-0.4, -0.2) is 9.97 Å². The minimum Gasteiger partial charge on any atom is -0.366 e. The lowest BCUT2D eigenvalue weighted by Crippen LogP contribution is -2.06. The third kappa shape index (κ3) is 4.16. The highest BCUT2D eigenvalue weighted by molar-refractivity contribution is 6.33. The van der Waals surface area contributed by atoms with Gasteiger partial charge < -0.3 is 10.6 Å². The van der Waals surface area contributed by atoms with Gasteiger partial charge in [-0.05, 0) is 30.7 Å². The first kappa shape index (κ1) is 16.6. The largest absolute Gasteiger partial charge is 0.366 e. The van der Waals surface area contributed by atoms with Crippen LogP contribution in [0, 0.1) is 6.92 Å². The topological polar surface area (TPSA) is 49.8 Å². The van der Waals surface area contributed by atoms with Gasteiger partial charge >= 0.3 is 0 Å². The number of nitrogens with zero attached hydrogens (tertiary/aromatic N) is 2. The molecule has 24 heavy (non-hydrogen) atoms. The summed E-state index contributed by atoms with van der Waals surface area (Å²) in [4.78, 5) is 8.88. The lowest BCUT2D eigenvalue weighted by atomic mass is 10.2. The fourth-order valence-corrected chi connectivity index (χ4v) is 2.61. The van der Waals surface area contributed by atoms with Crippen molar-refractivity contribution in [1.82, 2.24) is 9.97 Å². The van der Waals surface area contributed by atoms with Gasteiger partial charge in [-0.1, -0.05) is 53.5 Å². The zero-order chi connectivity index (χ0) is 16.9. The Hall–Kier alpha value is -2.30. The van der Waals surface area contributed by atoms with E-state index in [1.807, 2.05) is 61.5 Å². The molecule has 1 aromatic heterocycles. The molecule has 0 atom stereocenters. The Morgan fingerprint density at radius 1 is 0.917 bits per heavy atom. The second-order valence-corrected chi connectivity index (χ2v) is 6.08. The quantitative estimate of drug-likeness (QED) is 0.636. The summed E-state index contributed by atoms with van der Waals surface area (Å²) in [6, 6.07) is 17.1.